The van der Waals surface area contributed by atoms with E-state index in [1.54, 1.807) is 10.9 Å². The number of aromatic nitrogens is 2. The Morgan fingerprint density at radius 3 is 2.59 bits per heavy atom. The highest BCUT2D eigenvalue weighted by Crippen LogP contribution is 2.40. The molecule has 0 radical (unpaired) electrons. The summed E-state index contributed by atoms with van der Waals surface area (Å²) in [6.45, 7) is 0. The molecule has 6 heteroatoms. The first-order chi connectivity index (χ1) is 7.97. The van der Waals surface area contributed by atoms with Gasteiger partial charge >= 0.3 is 6.18 Å². The van der Waals surface area contributed by atoms with E-state index in [9.17, 15) is 13.2 Å². The van der Waals surface area contributed by atoms with Crippen molar-refractivity contribution in [1.82, 2.24) is 9.78 Å². The second-order valence-corrected chi connectivity index (χ2v) is 5.06. The molecule has 1 aromatic heterocycles. The van der Waals surface area contributed by atoms with E-state index in [2.05, 4.69) is 21.0 Å². The third-order valence-corrected chi connectivity index (χ3v) is 3.54. The fourth-order valence-corrected chi connectivity index (χ4v) is 2.43. The van der Waals surface area contributed by atoms with E-state index < -0.39 is 11.7 Å². The van der Waals surface area contributed by atoms with Gasteiger partial charge in [-0.3, -0.25) is 4.68 Å². The second-order valence-electron chi connectivity index (χ2n) is 4.21. The Kier molecular flexibility index (Phi) is 2.26. The summed E-state index contributed by atoms with van der Waals surface area (Å²) in [6.07, 6.45) is -0.734. The van der Waals surface area contributed by atoms with Crippen molar-refractivity contribution in [3.63, 3.8) is 0 Å². The van der Waals surface area contributed by atoms with Gasteiger partial charge in [0.25, 0.3) is 0 Å². The van der Waals surface area contributed by atoms with Gasteiger partial charge in [0.15, 0.2) is 0 Å². The monoisotopic (exact) mass is 304 g/mol. The highest BCUT2D eigenvalue weighted by Gasteiger charge is 2.33. The summed E-state index contributed by atoms with van der Waals surface area (Å²) in [5, 5.41) is 4.89. The second kappa shape index (κ2) is 3.48. The number of halogens is 4. The number of alkyl halides is 3. The van der Waals surface area contributed by atoms with E-state index in [0.29, 0.717) is 9.99 Å². The lowest BCUT2D eigenvalue weighted by molar-refractivity contribution is -0.137. The van der Waals surface area contributed by atoms with E-state index >= 15 is 0 Å². The molecule has 0 saturated heterocycles. The van der Waals surface area contributed by atoms with Crippen LogP contribution in [-0.4, -0.2) is 9.78 Å². The Labute approximate surface area is 104 Å². The zero-order chi connectivity index (χ0) is 12.2. The van der Waals surface area contributed by atoms with Crippen LogP contribution in [0.3, 0.4) is 0 Å². The number of rotatable bonds is 1. The predicted octanol–water partition coefficient (Wildman–Crippen LogP) is 4.15. The van der Waals surface area contributed by atoms with Crippen LogP contribution < -0.4 is 0 Å². The zero-order valence-corrected chi connectivity index (χ0v) is 10.2. The Balaban J connectivity index is 2.25. The summed E-state index contributed by atoms with van der Waals surface area (Å²) in [7, 11) is 0. The smallest absolute Gasteiger partial charge is 0.262 e. The molecule has 2 aromatic rings. The molecule has 1 aliphatic carbocycles. The normalized spacial score (nSPS) is 16.7. The molecule has 0 spiro atoms. The van der Waals surface area contributed by atoms with E-state index in [1.165, 1.54) is 6.07 Å². The summed E-state index contributed by atoms with van der Waals surface area (Å²) >= 11 is 3.17. The van der Waals surface area contributed by atoms with Gasteiger partial charge in [-0.1, -0.05) is 15.9 Å². The van der Waals surface area contributed by atoms with Crippen LogP contribution in [0.25, 0.3) is 10.9 Å². The van der Waals surface area contributed by atoms with E-state index in [-0.39, 0.29) is 6.04 Å². The van der Waals surface area contributed by atoms with Gasteiger partial charge in [0.2, 0.25) is 0 Å². The molecule has 0 atom stereocenters. The average Bonchev–Trinajstić information content (AvgIpc) is 2.97. The molecule has 2 nitrogen and oxygen atoms in total. The van der Waals surface area contributed by atoms with Crippen LogP contribution in [-0.2, 0) is 6.18 Å². The van der Waals surface area contributed by atoms with Gasteiger partial charge in [-0.2, -0.15) is 18.3 Å². The van der Waals surface area contributed by atoms with Crippen LogP contribution in [0.5, 0.6) is 0 Å². The van der Waals surface area contributed by atoms with Gasteiger partial charge in [0, 0.05) is 9.86 Å². The molecule has 3 rings (SSSR count). The van der Waals surface area contributed by atoms with Crippen molar-refractivity contribution < 1.29 is 13.2 Å². The van der Waals surface area contributed by atoms with Gasteiger partial charge in [-0.25, -0.2) is 0 Å². The van der Waals surface area contributed by atoms with Gasteiger partial charge in [-0.15, -0.1) is 0 Å². The quantitative estimate of drug-likeness (QED) is 0.774. The van der Waals surface area contributed by atoms with Crippen molar-refractivity contribution >= 4 is 26.8 Å². The van der Waals surface area contributed by atoms with Crippen LogP contribution in [0.1, 0.15) is 24.4 Å². The molecule has 0 aliphatic heterocycles. The molecule has 1 aromatic carbocycles. The van der Waals surface area contributed by atoms with E-state index in [4.69, 9.17) is 0 Å². The lowest BCUT2D eigenvalue weighted by Crippen LogP contribution is -2.05. The van der Waals surface area contributed by atoms with Crippen molar-refractivity contribution in [3.8, 4) is 0 Å². The van der Waals surface area contributed by atoms with Crippen LogP contribution in [0.15, 0.2) is 22.8 Å². The number of fused-ring (bicyclic) bond motifs is 1. The summed E-state index contributed by atoms with van der Waals surface area (Å²) in [6, 6.07) is 2.54. The number of nitrogens with zero attached hydrogens (tertiary/aromatic N) is 2. The molecule has 0 bridgehead atoms. The van der Waals surface area contributed by atoms with E-state index in [1.807, 2.05) is 0 Å². The summed E-state index contributed by atoms with van der Waals surface area (Å²) < 4.78 is 40.2. The highest BCUT2D eigenvalue weighted by molar-refractivity contribution is 9.10. The van der Waals surface area contributed by atoms with Crippen molar-refractivity contribution in [1.29, 1.82) is 0 Å². The fraction of sp³-hybridized carbons (Fsp3) is 0.364. The van der Waals surface area contributed by atoms with Gasteiger partial charge < -0.3 is 0 Å². The van der Waals surface area contributed by atoms with Gasteiger partial charge in [0.1, 0.15) is 0 Å². The molecule has 1 saturated carbocycles. The largest absolute Gasteiger partial charge is 0.416 e. The third-order valence-electron chi connectivity index (χ3n) is 2.89. The van der Waals surface area contributed by atoms with Crippen molar-refractivity contribution in [2.75, 3.05) is 0 Å². The first-order valence-electron chi connectivity index (χ1n) is 5.21. The Bertz CT molecular complexity index is 584. The van der Waals surface area contributed by atoms with Gasteiger partial charge in [-0.05, 0) is 25.0 Å². The number of hydrogen-bond donors (Lipinski definition) is 0. The Hall–Kier alpha value is -1.04. The van der Waals surface area contributed by atoms with Crippen LogP contribution in [0.4, 0.5) is 13.2 Å². The molecular weight excluding hydrogens is 297 g/mol. The summed E-state index contributed by atoms with van der Waals surface area (Å²) in [5.74, 6) is 0. The lowest BCUT2D eigenvalue weighted by atomic mass is 10.1. The summed E-state index contributed by atoms with van der Waals surface area (Å²) in [5.41, 5.74) is -0.0894. The standard InChI is InChI=1S/C11H8BrF3N2/c12-9-3-6(11(13,14)15)4-10-8(9)5-16-17(10)7-1-2-7/h3-5,7H,1-2H2. The van der Waals surface area contributed by atoms with Crippen LogP contribution >= 0.6 is 15.9 Å². The molecule has 0 amide bonds. The first kappa shape index (κ1) is 11.1. The Morgan fingerprint density at radius 2 is 2.00 bits per heavy atom. The molecule has 90 valence electrons. The highest BCUT2D eigenvalue weighted by atomic mass is 79.9. The van der Waals surface area contributed by atoms with Crippen molar-refractivity contribution in [2.45, 2.75) is 25.1 Å². The minimum absolute atomic E-state index is 0.267. The average molecular weight is 305 g/mol. The van der Waals surface area contributed by atoms with E-state index in [0.717, 1.165) is 24.3 Å². The maximum Gasteiger partial charge on any atom is 0.416 e. The minimum atomic E-state index is -4.32. The minimum Gasteiger partial charge on any atom is -0.262 e. The maximum atomic E-state index is 12.7. The topological polar surface area (TPSA) is 17.8 Å². The fourth-order valence-electron chi connectivity index (χ4n) is 1.88. The molecular formula is C11H8BrF3N2. The Morgan fingerprint density at radius 1 is 1.29 bits per heavy atom. The molecule has 17 heavy (non-hydrogen) atoms. The van der Waals surface area contributed by atoms with Gasteiger partial charge in [0.05, 0.1) is 23.3 Å². The van der Waals surface area contributed by atoms with Crippen molar-refractivity contribution in [2.24, 2.45) is 0 Å². The predicted molar refractivity (Wildman–Crippen MR) is 60.7 cm³/mol. The van der Waals surface area contributed by atoms with Crippen molar-refractivity contribution in [3.05, 3.63) is 28.4 Å². The summed E-state index contributed by atoms with van der Waals surface area (Å²) in [4.78, 5) is 0. The molecule has 1 fully saturated rings. The van der Waals surface area contributed by atoms with Crippen LogP contribution in [0, 0.1) is 0 Å². The molecule has 1 aliphatic rings. The number of hydrogen-bond acceptors (Lipinski definition) is 1. The number of benzene rings is 1. The molecule has 0 unspecified atom stereocenters. The van der Waals surface area contributed by atoms with Crippen LogP contribution in [0.2, 0.25) is 0 Å². The molecule has 1 heterocycles. The third kappa shape index (κ3) is 1.84. The molecule has 0 N–H and O–H groups in total. The maximum absolute atomic E-state index is 12.7. The SMILES string of the molecule is FC(F)(F)c1cc(Br)c2cnn(C3CC3)c2c1. The first-order valence-corrected chi connectivity index (χ1v) is 6.00. The zero-order valence-electron chi connectivity index (χ0n) is 8.63. The lowest BCUT2D eigenvalue weighted by Gasteiger charge is -2.09.